The Bertz CT molecular complexity index is 1190. The summed E-state index contributed by atoms with van der Waals surface area (Å²) in [5, 5.41) is 5.74. The van der Waals surface area contributed by atoms with Gasteiger partial charge in [0.2, 0.25) is 0 Å². The number of aromatic nitrogens is 1. The van der Waals surface area contributed by atoms with Crippen LogP contribution in [0.25, 0.3) is 0 Å². The smallest absolute Gasteiger partial charge is 0.291 e. The van der Waals surface area contributed by atoms with E-state index in [1.165, 1.54) is 6.26 Å². The highest BCUT2D eigenvalue weighted by Gasteiger charge is 2.16. The summed E-state index contributed by atoms with van der Waals surface area (Å²) in [6, 6.07) is 16.2. The van der Waals surface area contributed by atoms with E-state index >= 15 is 0 Å². The van der Waals surface area contributed by atoms with Crippen molar-refractivity contribution in [1.29, 1.82) is 0 Å². The number of aryl methyl sites for hydroxylation is 1. The van der Waals surface area contributed by atoms with E-state index in [0.29, 0.717) is 24.3 Å². The van der Waals surface area contributed by atoms with Crippen molar-refractivity contribution in [3.05, 3.63) is 101 Å². The van der Waals surface area contributed by atoms with Gasteiger partial charge in [-0.3, -0.25) is 9.59 Å². The van der Waals surface area contributed by atoms with Gasteiger partial charge in [0.05, 0.1) is 24.6 Å². The number of rotatable bonds is 7. The fourth-order valence-corrected chi connectivity index (χ4v) is 3.47. The summed E-state index contributed by atoms with van der Waals surface area (Å²) in [6.45, 7) is 4.81. The van der Waals surface area contributed by atoms with Crippen LogP contribution in [0.3, 0.4) is 0 Å². The fourth-order valence-electron chi connectivity index (χ4n) is 3.47. The molecule has 0 radical (unpaired) electrons. The molecule has 0 unspecified atom stereocenters. The summed E-state index contributed by atoms with van der Waals surface area (Å²) in [4.78, 5) is 24.9. The average Bonchev–Trinajstić information content (AvgIpc) is 3.52. The number of carbonyl (C=O) groups is 2. The van der Waals surface area contributed by atoms with Crippen molar-refractivity contribution >= 4 is 17.5 Å². The van der Waals surface area contributed by atoms with Gasteiger partial charge in [-0.05, 0) is 61.9 Å². The summed E-state index contributed by atoms with van der Waals surface area (Å²) in [7, 11) is 0. The minimum atomic E-state index is -0.324. The van der Waals surface area contributed by atoms with Gasteiger partial charge in [-0.25, -0.2) is 0 Å². The van der Waals surface area contributed by atoms with Gasteiger partial charge in [0.15, 0.2) is 5.76 Å². The van der Waals surface area contributed by atoms with E-state index in [1.807, 2.05) is 50.2 Å². The van der Waals surface area contributed by atoms with E-state index < -0.39 is 0 Å². The van der Waals surface area contributed by atoms with Gasteiger partial charge >= 0.3 is 0 Å². The number of anilines is 1. The van der Waals surface area contributed by atoms with Crippen molar-refractivity contribution in [3.63, 3.8) is 0 Å². The van der Waals surface area contributed by atoms with Crippen molar-refractivity contribution in [2.75, 3.05) is 5.32 Å². The van der Waals surface area contributed by atoms with Gasteiger partial charge in [0.1, 0.15) is 5.76 Å². The largest absolute Gasteiger partial charge is 0.467 e. The second kappa shape index (κ2) is 8.79. The predicted molar refractivity (Wildman–Crippen MR) is 116 cm³/mol. The topological polar surface area (TPSA) is 89.4 Å². The van der Waals surface area contributed by atoms with E-state index in [4.69, 9.17) is 8.83 Å². The molecular weight excluding hydrogens is 394 g/mol. The number of nitrogens with zero attached hydrogens (tertiary/aromatic N) is 1. The monoisotopic (exact) mass is 417 g/mol. The Balaban J connectivity index is 1.40. The maximum absolute atomic E-state index is 12.8. The van der Waals surface area contributed by atoms with Gasteiger partial charge in [-0.2, -0.15) is 0 Å². The third kappa shape index (κ3) is 4.61. The summed E-state index contributed by atoms with van der Waals surface area (Å²) in [5.41, 5.74) is 4.00. The van der Waals surface area contributed by atoms with E-state index in [9.17, 15) is 9.59 Å². The lowest BCUT2D eigenvalue weighted by Crippen LogP contribution is -2.23. The molecule has 3 aromatic heterocycles. The highest BCUT2D eigenvalue weighted by Crippen LogP contribution is 2.18. The molecule has 2 N–H and O–H groups in total. The van der Waals surface area contributed by atoms with Crippen molar-refractivity contribution in [1.82, 2.24) is 9.88 Å². The Morgan fingerprint density at radius 2 is 1.74 bits per heavy atom. The first-order valence-electron chi connectivity index (χ1n) is 9.92. The number of carbonyl (C=O) groups excluding carboxylic acids is 2. The van der Waals surface area contributed by atoms with E-state index in [0.717, 1.165) is 22.7 Å². The third-order valence-electron chi connectivity index (χ3n) is 5.10. The molecule has 3 heterocycles. The van der Waals surface area contributed by atoms with Crippen LogP contribution in [0.1, 0.15) is 43.6 Å². The zero-order valence-electron chi connectivity index (χ0n) is 17.3. The minimum Gasteiger partial charge on any atom is -0.467 e. The maximum atomic E-state index is 12.8. The number of hydrogen-bond donors (Lipinski definition) is 2. The third-order valence-corrected chi connectivity index (χ3v) is 5.10. The molecule has 0 fully saturated rings. The van der Waals surface area contributed by atoms with Crippen molar-refractivity contribution in [2.24, 2.45) is 0 Å². The van der Waals surface area contributed by atoms with Crippen LogP contribution >= 0.6 is 0 Å². The van der Waals surface area contributed by atoms with Gasteiger partial charge in [-0.1, -0.05) is 12.1 Å². The second-order valence-corrected chi connectivity index (χ2v) is 7.26. The van der Waals surface area contributed by atoms with Crippen molar-refractivity contribution in [3.8, 4) is 0 Å². The van der Waals surface area contributed by atoms with Gasteiger partial charge in [0.25, 0.3) is 11.8 Å². The Morgan fingerprint density at radius 3 is 2.48 bits per heavy atom. The summed E-state index contributed by atoms with van der Waals surface area (Å²) in [6.07, 6.45) is 3.09. The predicted octanol–water partition coefficient (Wildman–Crippen LogP) is 4.52. The quantitative estimate of drug-likeness (QED) is 0.463. The summed E-state index contributed by atoms with van der Waals surface area (Å²) >= 11 is 0. The van der Waals surface area contributed by atoms with Crippen LogP contribution in [0, 0.1) is 13.8 Å². The number of benzene rings is 1. The van der Waals surface area contributed by atoms with Crippen LogP contribution in [0.5, 0.6) is 0 Å². The molecule has 4 rings (SSSR count). The molecule has 0 aliphatic rings. The first kappa shape index (κ1) is 20.3. The van der Waals surface area contributed by atoms with Crippen molar-refractivity contribution < 1.29 is 18.4 Å². The standard InChI is InChI=1S/C24H23N3O4/c1-16-12-21(17(2)27(16)15-20-8-4-10-30-20)23(28)25-14-18-6-3-7-19(13-18)26-24(29)22-9-5-11-31-22/h3-13H,14-15H2,1-2H3,(H,25,28)(H,26,29). The molecule has 4 aromatic rings. The summed E-state index contributed by atoms with van der Waals surface area (Å²) in [5.74, 6) is 0.602. The highest BCUT2D eigenvalue weighted by atomic mass is 16.3. The Labute approximate surface area is 179 Å². The molecule has 0 spiro atoms. The first-order chi connectivity index (χ1) is 15.0. The molecule has 0 aliphatic carbocycles. The van der Waals surface area contributed by atoms with E-state index in [2.05, 4.69) is 15.2 Å². The Kier molecular flexibility index (Phi) is 5.75. The molecule has 7 nitrogen and oxygen atoms in total. The van der Waals surface area contributed by atoms with Gasteiger partial charge < -0.3 is 24.0 Å². The van der Waals surface area contributed by atoms with Gasteiger partial charge in [-0.15, -0.1) is 0 Å². The van der Waals surface area contributed by atoms with Crippen molar-refractivity contribution in [2.45, 2.75) is 26.9 Å². The van der Waals surface area contributed by atoms with E-state index in [1.54, 1.807) is 24.5 Å². The maximum Gasteiger partial charge on any atom is 0.291 e. The zero-order chi connectivity index (χ0) is 21.8. The number of furan rings is 2. The number of amides is 2. The number of nitrogens with one attached hydrogen (secondary N) is 2. The first-order valence-corrected chi connectivity index (χ1v) is 9.92. The van der Waals surface area contributed by atoms with Gasteiger partial charge in [0, 0.05) is 23.6 Å². The van der Waals surface area contributed by atoms with Crippen LogP contribution in [-0.2, 0) is 13.1 Å². The molecule has 0 saturated carbocycles. The average molecular weight is 417 g/mol. The lowest BCUT2D eigenvalue weighted by molar-refractivity contribution is 0.0948. The molecule has 1 aromatic carbocycles. The SMILES string of the molecule is Cc1cc(C(=O)NCc2cccc(NC(=O)c3ccco3)c2)c(C)n1Cc1ccco1. The lowest BCUT2D eigenvalue weighted by Gasteiger charge is -2.09. The second-order valence-electron chi connectivity index (χ2n) is 7.26. The number of hydrogen-bond acceptors (Lipinski definition) is 4. The Hall–Kier alpha value is -4.00. The van der Waals surface area contributed by atoms with E-state index in [-0.39, 0.29) is 17.6 Å². The molecule has 0 aliphatic heterocycles. The molecule has 2 amide bonds. The molecule has 158 valence electrons. The normalized spacial score (nSPS) is 10.8. The van der Waals surface area contributed by atoms with Crippen LogP contribution in [0.15, 0.2) is 76.0 Å². The summed E-state index contributed by atoms with van der Waals surface area (Å²) < 4.78 is 12.6. The van der Waals surface area contributed by atoms with Crippen LogP contribution in [0.2, 0.25) is 0 Å². The Morgan fingerprint density at radius 1 is 0.935 bits per heavy atom. The molecular formula is C24H23N3O4. The molecule has 0 saturated heterocycles. The van der Waals surface area contributed by atoms with Crippen LogP contribution in [-0.4, -0.2) is 16.4 Å². The van der Waals surface area contributed by atoms with Crippen LogP contribution < -0.4 is 10.6 Å². The zero-order valence-corrected chi connectivity index (χ0v) is 17.3. The lowest BCUT2D eigenvalue weighted by atomic mass is 10.1. The fraction of sp³-hybridized carbons (Fsp3) is 0.167. The molecule has 0 atom stereocenters. The molecule has 31 heavy (non-hydrogen) atoms. The van der Waals surface area contributed by atoms with Crippen LogP contribution in [0.4, 0.5) is 5.69 Å². The molecule has 7 heteroatoms. The highest BCUT2D eigenvalue weighted by molar-refractivity contribution is 6.02. The minimum absolute atomic E-state index is 0.149. The molecule has 0 bridgehead atoms.